The van der Waals surface area contributed by atoms with Gasteiger partial charge in [0, 0.05) is 0 Å². The summed E-state index contributed by atoms with van der Waals surface area (Å²) < 4.78 is 12.7. The molecule has 2 nitrogen and oxygen atoms in total. The third kappa shape index (κ3) is 10.3. The number of allylic oxidation sites excluding steroid dienone is 1. The van der Waals surface area contributed by atoms with Crippen LogP contribution in [0.15, 0.2) is 12.7 Å². The van der Waals surface area contributed by atoms with Crippen molar-refractivity contribution in [2.24, 2.45) is 0 Å². The van der Waals surface area contributed by atoms with Gasteiger partial charge in [-0.2, -0.15) is 0 Å². The summed E-state index contributed by atoms with van der Waals surface area (Å²) in [5.74, 6) is 0. The minimum atomic E-state index is -1.94. The molecule has 0 rings (SSSR count). The molecule has 0 aliphatic heterocycles. The smallest absolute Gasteiger partial charge is 0.311 e. The van der Waals surface area contributed by atoms with Crippen molar-refractivity contribution < 1.29 is 8.23 Å². The summed E-state index contributed by atoms with van der Waals surface area (Å²) in [6.07, 6.45) is 5.61. The van der Waals surface area contributed by atoms with Crippen LogP contribution in [-0.4, -0.2) is 25.2 Å². The zero-order valence-corrected chi connectivity index (χ0v) is 16.4. The minimum Gasteiger partial charge on any atom is -0.437 e. The van der Waals surface area contributed by atoms with Gasteiger partial charge in [0.2, 0.25) is 0 Å². The highest BCUT2D eigenvalue weighted by molar-refractivity contribution is 6.87. The summed E-state index contributed by atoms with van der Waals surface area (Å²) in [6, 6.07) is 1.23. The second-order valence-electron chi connectivity index (χ2n) is 7.01. The van der Waals surface area contributed by atoms with Gasteiger partial charge in [-0.05, 0) is 58.3 Å². The monoisotopic (exact) mass is 304 g/mol. The van der Waals surface area contributed by atoms with Gasteiger partial charge in [0.1, 0.15) is 0 Å². The van der Waals surface area contributed by atoms with E-state index in [9.17, 15) is 0 Å². The summed E-state index contributed by atoms with van der Waals surface area (Å²) in [7, 11) is -4.99. The second-order valence-corrected chi connectivity index (χ2v) is 19.7. The quantitative estimate of drug-likeness (QED) is 0.334. The molecule has 0 heterocycles. The topological polar surface area (TPSA) is 18.5 Å². The van der Waals surface area contributed by atoms with Crippen LogP contribution >= 0.6 is 0 Å². The maximum Gasteiger partial charge on any atom is 0.311 e. The van der Waals surface area contributed by atoms with E-state index in [1.165, 1.54) is 18.9 Å². The Bertz CT molecular complexity index is 257. The maximum absolute atomic E-state index is 6.45. The standard InChI is InChI=1S/C13H32O2Si3/c1-9-10-11-12-13-17(5,6)15-18(7,8)14-16(2,3)4/h9H,1,10-13H2,2-8H3. The third-order valence-corrected chi connectivity index (χ3v) is 12.7. The average Bonchev–Trinajstić information content (AvgIpc) is 2.06. The molecular weight excluding hydrogens is 272 g/mol. The summed E-state index contributed by atoms with van der Waals surface area (Å²) in [6.45, 7) is 19.5. The highest BCUT2D eigenvalue weighted by Gasteiger charge is 2.37. The van der Waals surface area contributed by atoms with Crippen LogP contribution in [-0.2, 0) is 8.23 Å². The van der Waals surface area contributed by atoms with Gasteiger partial charge in [-0.25, -0.2) is 0 Å². The Balaban J connectivity index is 4.23. The van der Waals surface area contributed by atoms with Crippen LogP contribution in [0.5, 0.6) is 0 Å². The van der Waals surface area contributed by atoms with Crippen LogP contribution in [0.4, 0.5) is 0 Å². The van der Waals surface area contributed by atoms with Crippen molar-refractivity contribution in [3.8, 4) is 0 Å². The highest BCUT2D eigenvalue weighted by Crippen LogP contribution is 2.24. The van der Waals surface area contributed by atoms with Crippen molar-refractivity contribution in [1.82, 2.24) is 0 Å². The number of hydrogen-bond donors (Lipinski definition) is 0. The van der Waals surface area contributed by atoms with Crippen LogP contribution in [0.25, 0.3) is 0 Å². The van der Waals surface area contributed by atoms with Crippen molar-refractivity contribution in [2.75, 3.05) is 0 Å². The molecule has 0 amide bonds. The van der Waals surface area contributed by atoms with Crippen LogP contribution in [0.2, 0.25) is 51.9 Å². The lowest BCUT2D eigenvalue weighted by molar-refractivity contribution is 0.391. The molecule has 0 saturated carbocycles. The molecule has 0 spiro atoms. The Kier molecular flexibility index (Phi) is 7.31. The number of hydrogen-bond acceptors (Lipinski definition) is 2. The van der Waals surface area contributed by atoms with E-state index in [1.807, 2.05) is 6.08 Å². The maximum atomic E-state index is 6.45. The fourth-order valence-corrected chi connectivity index (χ4v) is 15.6. The normalized spacial score (nSPS) is 13.7. The van der Waals surface area contributed by atoms with Gasteiger partial charge in [-0.1, -0.05) is 18.9 Å². The van der Waals surface area contributed by atoms with Crippen LogP contribution < -0.4 is 0 Å². The molecule has 0 aromatic heterocycles. The van der Waals surface area contributed by atoms with Crippen molar-refractivity contribution >= 4 is 25.2 Å². The van der Waals surface area contributed by atoms with Gasteiger partial charge in [0.25, 0.3) is 0 Å². The van der Waals surface area contributed by atoms with Gasteiger partial charge in [0.15, 0.2) is 16.6 Å². The van der Waals surface area contributed by atoms with E-state index < -0.39 is 25.2 Å². The largest absolute Gasteiger partial charge is 0.437 e. The van der Waals surface area contributed by atoms with Gasteiger partial charge in [-0.3, -0.25) is 0 Å². The van der Waals surface area contributed by atoms with E-state index in [2.05, 4.69) is 52.4 Å². The Morgan fingerprint density at radius 2 is 1.44 bits per heavy atom. The predicted molar refractivity (Wildman–Crippen MR) is 89.3 cm³/mol. The summed E-state index contributed by atoms with van der Waals surface area (Å²) in [5.41, 5.74) is 0. The Labute approximate surface area is 117 Å². The molecule has 108 valence electrons. The van der Waals surface area contributed by atoms with E-state index in [0.717, 1.165) is 6.42 Å². The minimum absolute atomic E-state index is 1.12. The van der Waals surface area contributed by atoms with Crippen LogP contribution in [0, 0.1) is 0 Å². The lowest BCUT2D eigenvalue weighted by atomic mass is 10.2. The molecule has 0 aromatic carbocycles. The molecule has 18 heavy (non-hydrogen) atoms. The molecule has 0 radical (unpaired) electrons. The van der Waals surface area contributed by atoms with E-state index in [-0.39, 0.29) is 0 Å². The fraction of sp³-hybridized carbons (Fsp3) is 0.846. The third-order valence-electron chi connectivity index (χ3n) is 2.51. The Morgan fingerprint density at radius 1 is 0.889 bits per heavy atom. The zero-order valence-electron chi connectivity index (χ0n) is 13.4. The van der Waals surface area contributed by atoms with Gasteiger partial charge in [-0.15, -0.1) is 6.58 Å². The van der Waals surface area contributed by atoms with Crippen LogP contribution in [0.3, 0.4) is 0 Å². The van der Waals surface area contributed by atoms with Gasteiger partial charge in [0.05, 0.1) is 0 Å². The van der Waals surface area contributed by atoms with E-state index in [1.54, 1.807) is 0 Å². The molecule has 0 fully saturated rings. The predicted octanol–water partition coefficient (Wildman–Crippen LogP) is 5.12. The molecule has 0 N–H and O–H groups in total. The number of rotatable bonds is 9. The molecule has 5 heteroatoms. The van der Waals surface area contributed by atoms with Crippen molar-refractivity contribution in [3.05, 3.63) is 12.7 Å². The Morgan fingerprint density at radius 3 is 1.89 bits per heavy atom. The van der Waals surface area contributed by atoms with Crippen molar-refractivity contribution in [1.29, 1.82) is 0 Å². The Hall–Kier alpha value is 0.311. The first-order valence-corrected chi connectivity index (χ1v) is 16.3. The average molecular weight is 305 g/mol. The first-order valence-electron chi connectivity index (χ1n) is 6.99. The molecule has 0 bridgehead atoms. The van der Waals surface area contributed by atoms with E-state index >= 15 is 0 Å². The van der Waals surface area contributed by atoms with Gasteiger partial charge < -0.3 is 8.23 Å². The molecule has 0 aliphatic carbocycles. The molecule has 0 aromatic rings. The molecule has 0 unspecified atom stereocenters. The van der Waals surface area contributed by atoms with Gasteiger partial charge >= 0.3 is 8.56 Å². The summed E-state index contributed by atoms with van der Waals surface area (Å²) in [4.78, 5) is 0. The molecule has 0 aliphatic rings. The fourth-order valence-electron chi connectivity index (χ4n) is 2.31. The lowest BCUT2D eigenvalue weighted by Crippen LogP contribution is -2.51. The first-order chi connectivity index (χ1) is 7.97. The first kappa shape index (κ1) is 18.3. The molecular formula is C13H32O2Si3. The lowest BCUT2D eigenvalue weighted by Gasteiger charge is -2.37. The summed E-state index contributed by atoms with van der Waals surface area (Å²) in [5, 5.41) is 0. The SMILES string of the molecule is C=CCCCC[Si](C)(C)O[Si](C)(C)O[Si](C)(C)C. The highest BCUT2D eigenvalue weighted by atomic mass is 28.5. The molecule has 0 atom stereocenters. The van der Waals surface area contributed by atoms with E-state index in [0.29, 0.717) is 0 Å². The van der Waals surface area contributed by atoms with Crippen molar-refractivity contribution in [3.63, 3.8) is 0 Å². The molecule has 0 saturated heterocycles. The van der Waals surface area contributed by atoms with Crippen molar-refractivity contribution in [2.45, 2.75) is 71.1 Å². The summed E-state index contributed by atoms with van der Waals surface area (Å²) >= 11 is 0. The zero-order chi connectivity index (χ0) is 14.4. The van der Waals surface area contributed by atoms with Crippen LogP contribution in [0.1, 0.15) is 19.3 Å². The van der Waals surface area contributed by atoms with E-state index in [4.69, 9.17) is 8.23 Å². The second kappa shape index (κ2) is 7.19. The number of unbranched alkanes of at least 4 members (excludes halogenated alkanes) is 2.